The summed E-state index contributed by atoms with van der Waals surface area (Å²) in [6, 6.07) is 32.4. The highest BCUT2D eigenvalue weighted by atomic mass is 35.5. The molecule has 184 valence electrons. The van der Waals surface area contributed by atoms with Gasteiger partial charge in [0.15, 0.2) is 12.2 Å². The number of rotatable bonds is 6. The van der Waals surface area contributed by atoms with Crippen LogP contribution in [0.2, 0.25) is 10.0 Å². The highest BCUT2D eigenvalue weighted by Gasteiger charge is 2.25. The minimum Gasteiger partial charge on any atom is -0.387 e. The van der Waals surface area contributed by atoms with E-state index >= 15 is 0 Å². The molecule has 0 radical (unpaired) electrons. The summed E-state index contributed by atoms with van der Waals surface area (Å²) in [5.74, 6) is 0. The van der Waals surface area contributed by atoms with Crippen LogP contribution in [0.1, 0.15) is 47.3 Å². The Kier molecular flexibility index (Phi) is 6.92. The van der Waals surface area contributed by atoms with Gasteiger partial charge in [0.1, 0.15) is 0 Å². The number of oxime groups is 2. The van der Waals surface area contributed by atoms with Gasteiger partial charge in [-0.15, -0.1) is 0 Å². The van der Waals surface area contributed by atoms with Gasteiger partial charge in [-0.05, 0) is 70.8 Å². The van der Waals surface area contributed by atoms with Crippen molar-refractivity contribution in [2.45, 2.75) is 34.8 Å². The van der Waals surface area contributed by atoms with Crippen LogP contribution in [-0.2, 0) is 9.68 Å². The smallest absolute Gasteiger partial charge is 0.158 e. The molecule has 2 unspecified atom stereocenters. The monoisotopic (exact) mass is 544 g/mol. The summed E-state index contributed by atoms with van der Waals surface area (Å²) in [6.45, 7) is 0. The van der Waals surface area contributed by atoms with Crippen LogP contribution in [0.15, 0.2) is 117 Å². The second-order valence-electron chi connectivity index (χ2n) is 8.93. The van der Waals surface area contributed by atoms with Gasteiger partial charge in [-0.25, -0.2) is 0 Å². The Hall–Kier alpha value is -3.25. The van der Waals surface area contributed by atoms with Gasteiger partial charge in [0.25, 0.3) is 0 Å². The first-order valence-electron chi connectivity index (χ1n) is 12.0. The third kappa shape index (κ3) is 5.54. The number of hydrogen-bond acceptors (Lipinski definition) is 5. The summed E-state index contributed by atoms with van der Waals surface area (Å²) >= 11 is 13.7. The molecule has 4 nitrogen and oxygen atoms in total. The summed E-state index contributed by atoms with van der Waals surface area (Å²) in [5, 5.41) is 10.1. The van der Waals surface area contributed by atoms with Crippen molar-refractivity contribution in [1.29, 1.82) is 0 Å². The number of hydrogen-bond donors (Lipinski definition) is 0. The van der Waals surface area contributed by atoms with Gasteiger partial charge < -0.3 is 9.68 Å². The van der Waals surface area contributed by atoms with Crippen molar-refractivity contribution >= 4 is 46.4 Å². The zero-order chi connectivity index (χ0) is 25.2. The van der Waals surface area contributed by atoms with Crippen LogP contribution in [0.5, 0.6) is 0 Å². The summed E-state index contributed by atoms with van der Waals surface area (Å²) in [6.07, 6.45) is 1.33. The van der Waals surface area contributed by atoms with Gasteiger partial charge in [0.05, 0.1) is 11.4 Å². The van der Waals surface area contributed by atoms with Crippen LogP contribution in [0.25, 0.3) is 0 Å². The maximum absolute atomic E-state index is 6.00. The van der Waals surface area contributed by atoms with Gasteiger partial charge >= 0.3 is 0 Å². The van der Waals surface area contributed by atoms with Crippen molar-refractivity contribution < 1.29 is 9.68 Å². The highest BCUT2D eigenvalue weighted by Crippen LogP contribution is 2.34. The predicted octanol–water partition coefficient (Wildman–Crippen LogP) is 8.88. The molecule has 4 aromatic rings. The van der Waals surface area contributed by atoms with Gasteiger partial charge in [-0.2, -0.15) is 0 Å². The molecule has 7 heteroatoms. The normalized spacial score (nSPS) is 18.6. The van der Waals surface area contributed by atoms with E-state index in [2.05, 4.69) is 58.8 Å². The maximum Gasteiger partial charge on any atom is 0.158 e. The Morgan fingerprint density at radius 3 is 1.30 bits per heavy atom. The van der Waals surface area contributed by atoms with Crippen LogP contribution in [0.3, 0.4) is 0 Å². The molecule has 0 fully saturated rings. The molecule has 0 bridgehead atoms. The average molecular weight is 545 g/mol. The molecular formula is C30H22Cl2N2O2S. The van der Waals surface area contributed by atoms with Crippen molar-refractivity contribution in [3.05, 3.63) is 129 Å². The van der Waals surface area contributed by atoms with E-state index in [9.17, 15) is 0 Å². The van der Waals surface area contributed by atoms with E-state index in [0.29, 0.717) is 0 Å². The van der Waals surface area contributed by atoms with E-state index in [0.717, 1.165) is 66.4 Å². The lowest BCUT2D eigenvalue weighted by atomic mass is 10.0. The fourth-order valence-corrected chi connectivity index (χ4v) is 5.44. The minimum atomic E-state index is -0.0730. The fraction of sp³-hybridized carbons (Fsp3) is 0.133. The first-order chi connectivity index (χ1) is 18.1. The lowest BCUT2D eigenvalue weighted by molar-refractivity contribution is 0.0857. The van der Waals surface area contributed by atoms with E-state index in [4.69, 9.17) is 32.9 Å². The first-order valence-corrected chi connectivity index (χ1v) is 13.5. The van der Waals surface area contributed by atoms with E-state index in [1.165, 1.54) is 0 Å². The Bertz CT molecular complexity index is 1340. The van der Waals surface area contributed by atoms with Crippen molar-refractivity contribution in [2.75, 3.05) is 0 Å². The van der Waals surface area contributed by atoms with Crippen molar-refractivity contribution in [2.24, 2.45) is 10.3 Å². The zero-order valence-electron chi connectivity index (χ0n) is 19.7. The summed E-state index contributed by atoms with van der Waals surface area (Å²) in [7, 11) is 0. The van der Waals surface area contributed by atoms with Crippen LogP contribution in [0.4, 0.5) is 0 Å². The Balaban J connectivity index is 1.05. The van der Waals surface area contributed by atoms with E-state index in [1.54, 1.807) is 11.8 Å². The zero-order valence-corrected chi connectivity index (χ0v) is 22.0. The van der Waals surface area contributed by atoms with Crippen molar-refractivity contribution in [1.82, 2.24) is 0 Å². The summed E-state index contributed by atoms with van der Waals surface area (Å²) in [5.41, 5.74) is 6.22. The third-order valence-electron chi connectivity index (χ3n) is 6.43. The predicted molar refractivity (Wildman–Crippen MR) is 150 cm³/mol. The van der Waals surface area contributed by atoms with E-state index in [1.807, 2.05) is 48.5 Å². The molecule has 2 aliphatic rings. The number of halogens is 2. The molecule has 0 spiro atoms. The second kappa shape index (κ2) is 10.6. The molecule has 0 aliphatic carbocycles. The van der Waals surface area contributed by atoms with Gasteiger partial charge in [0, 0.05) is 32.7 Å². The van der Waals surface area contributed by atoms with Crippen LogP contribution in [-0.4, -0.2) is 11.4 Å². The van der Waals surface area contributed by atoms with Gasteiger partial charge in [-0.3, -0.25) is 0 Å². The molecule has 0 aromatic heterocycles. The highest BCUT2D eigenvalue weighted by molar-refractivity contribution is 7.99. The summed E-state index contributed by atoms with van der Waals surface area (Å²) < 4.78 is 0. The fourth-order valence-electron chi connectivity index (χ4n) is 4.37. The second-order valence-corrected chi connectivity index (χ2v) is 10.9. The summed E-state index contributed by atoms with van der Waals surface area (Å²) in [4.78, 5) is 13.7. The lowest BCUT2D eigenvalue weighted by Gasteiger charge is -2.08. The Morgan fingerprint density at radius 2 is 0.919 bits per heavy atom. The lowest BCUT2D eigenvalue weighted by Crippen LogP contribution is -2.01. The molecule has 2 heterocycles. The maximum atomic E-state index is 6.00. The molecule has 0 N–H and O–H groups in total. The molecular weight excluding hydrogens is 523 g/mol. The topological polar surface area (TPSA) is 43.2 Å². The van der Waals surface area contributed by atoms with Crippen LogP contribution >= 0.6 is 35.0 Å². The molecule has 37 heavy (non-hydrogen) atoms. The average Bonchev–Trinajstić information content (AvgIpc) is 3.62. The van der Waals surface area contributed by atoms with Crippen LogP contribution in [0, 0.1) is 0 Å². The minimum absolute atomic E-state index is 0.0730. The molecule has 2 aliphatic heterocycles. The van der Waals surface area contributed by atoms with Gasteiger partial charge in [-0.1, -0.05) is 93.8 Å². The number of nitrogens with zero attached hydrogens (tertiary/aromatic N) is 2. The van der Waals surface area contributed by atoms with Crippen molar-refractivity contribution in [3.63, 3.8) is 0 Å². The first kappa shape index (κ1) is 24.1. The standard InChI is InChI=1S/C30H22Cl2N2O2S/c31-23-9-1-21(2-10-23)29-17-27(33-35-29)19-5-13-25(14-6-19)37-26-15-7-20(8-16-26)28-18-30(36-34-28)22-3-11-24(32)12-4-22/h1-16,29-30H,17-18H2. The number of benzene rings is 4. The van der Waals surface area contributed by atoms with Crippen LogP contribution < -0.4 is 0 Å². The molecule has 6 rings (SSSR count). The molecule has 0 amide bonds. The quantitative estimate of drug-likeness (QED) is 0.243. The molecule has 2 atom stereocenters. The molecule has 0 saturated carbocycles. The SMILES string of the molecule is Clc1ccc(C2CC(c3ccc(Sc4ccc(C5=NOC(c6ccc(Cl)cc6)C5)cc4)cc3)=NO2)cc1. The van der Waals surface area contributed by atoms with Crippen molar-refractivity contribution in [3.8, 4) is 0 Å². The molecule has 0 saturated heterocycles. The third-order valence-corrected chi connectivity index (χ3v) is 7.95. The van der Waals surface area contributed by atoms with E-state index in [-0.39, 0.29) is 12.2 Å². The molecule has 4 aromatic carbocycles. The Labute approximate surface area is 229 Å². The largest absolute Gasteiger partial charge is 0.387 e. The van der Waals surface area contributed by atoms with Gasteiger partial charge in [0.2, 0.25) is 0 Å². The van der Waals surface area contributed by atoms with E-state index < -0.39 is 0 Å². The Morgan fingerprint density at radius 1 is 0.541 bits per heavy atom.